The molecule has 4 heteroatoms. The first kappa shape index (κ1) is 10.0. The van der Waals surface area contributed by atoms with Crippen molar-refractivity contribution in [1.82, 2.24) is 5.32 Å². The van der Waals surface area contributed by atoms with E-state index in [4.69, 9.17) is 5.11 Å². The second kappa shape index (κ2) is 3.77. The molecule has 0 aromatic heterocycles. The number of carboxylic acid groups (broad SMARTS) is 1. The van der Waals surface area contributed by atoms with E-state index in [1.54, 1.807) is 13.8 Å². The highest BCUT2D eigenvalue weighted by Crippen LogP contribution is 2.27. The van der Waals surface area contributed by atoms with Crippen molar-refractivity contribution in [2.24, 2.45) is 11.8 Å². The Kier molecular flexibility index (Phi) is 2.90. The van der Waals surface area contributed by atoms with Gasteiger partial charge in [-0.15, -0.1) is 0 Å². The average Bonchev–Trinajstić information content (AvgIpc) is 1.95. The minimum absolute atomic E-state index is 0.0593. The van der Waals surface area contributed by atoms with Gasteiger partial charge in [0, 0.05) is 12.0 Å². The quantitative estimate of drug-likeness (QED) is 0.677. The third-order valence-corrected chi connectivity index (χ3v) is 2.44. The van der Waals surface area contributed by atoms with Crippen molar-refractivity contribution in [3.8, 4) is 0 Å². The van der Waals surface area contributed by atoms with Crippen molar-refractivity contribution in [1.29, 1.82) is 0 Å². The summed E-state index contributed by atoms with van der Waals surface area (Å²) in [4.78, 5) is 21.8. The largest absolute Gasteiger partial charge is 0.481 e. The topological polar surface area (TPSA) is 66.4 Å². The van der Waals surface area contributed by atoms with Crippen molar-refractivity contribution in [3.63, 3.8) is 0 Å². The minimum Gasteiger partial charge on any atom is -0.481 e. The molecule has 0 bridgehead atoms. The lowest BCUT2D eigenvalue weighted by atomic mass is 9.79. The molecule has 0 aromatic rings. The lowest BCUT2D eigenvalue weighted by Gasteiger charge is -2.34. The van der Waals surface area contributed by atoms with Crippen LogP contribution >= 0.6 is 0 Å². The third-order valence-electron chi connectivity index (χ3n) is 2.44. The first-order valence-electron chi connectivity index (χ1n) is 4.55. The molecule has 2 atom stereocenters. The van der Waals surface area contributed by atoms with Gasteiger partial charge in [-0.1, -0.05) is 13.8 Å². The van der Waals surface area contributed by atoms with Gasteiger partial charge >= 0.3 is 5.97 Å². The Balaban J connectivity index is 2.38. The number of amides is 1. The van der Waals surface area contributed by atoms with E-state index >= 15 is 0 Å². The van der Waals surface area contributed by atoms with Crippen LogP contribution in [-0.4, -0.2) is 23.0 Å². The maximum Gasteiger partial charge on any atom is 0.308 e. The standard InChI is InChI=1S/C9H15NO3/c1-5(2)8(11)10-7-4-3-6(7)9(12)13/h5-7H,3-4H2,1-2H3,(H,10,11)(H,12,13). The first-order valence-corrected chi connectivity index (χ1v) is 4.55. The predicted octanol–water partition coefficient (Wildman–Crippen LogP) is 0.622. The second-order valence-corrected chi connectivity index (χ2v) is 3.79. The normalized spacial score (nSPS) is 26.7. The number of carboxylic acids is 1. The lowest BCUT2D eigenvalue weighted by molar-refractivity contribution is -0.146. The molecule has 4 nitrogen and oxygen atoms in total. The summed E-state index contributed by atoms with van der Waals surface area (Å²) in [6.07, 6.45) is 1.47. The maximum absolute atomic E-state index is 11.2. The zero-order valence-electron chi connectivity index (χ0n) is 7.91. The molecule has 0 saturated heterocycles. The van der Waals surface area contributed by atoms with E-state index in [0.29, 0.717) is 6.42 Å². The zero-order chi connectivity index (χ0) is 10.0. The Morgan fingerprint density at radius 3 is 2.31 bits per heavy atom. The molecule has 0 aromatic carbocycles. The number of nitrogens with one attached hydrogen (secondary N) is 1. The molecule has 1 aliphatic carbocycles. The van der Waals surface area contributed by atoms with Crippen molar-refractivity contribution in [2.45, 2.75) is 32.7 Å². The molecule has 1 aliphatic rings. The van der Waals surface area contributed by atoms with Crippen LogP contribution in [0.4, 0.5) is 0 Å². The Labute approximate surface area is 77.3 Å². The van der Waals surface area contributed by atoms with E-state index in [-0.39, 0.29) is 23.8 Å². The van der Waals surface area contributed by atoms with Crippen LogP contribution in [0.2, 0.25) is 0 Å². The summed E-state index contributed by atoms with van der Waals surface area (Å²) in [6.45, 7) is 3.59. The van der Waals surface area contributed by atoms with E-state index in [9.17, 15) is 9.59 Å². The van der Waals surface area contributed by atoms with Crippen LogP contribution in [0.3, 0.4) is 0 Å². The van der Waals surface area contributed by atoms with Crippen molar-refractivity contribution >= 4 is 11.9 Å². The number of hydrogen-bond acceptors (Lipinski definition) is 2. The van der Waals surface area contributed by atoms with Crippen LogP contribution < -0.4 is 5.32 Å². The first-order chi connectivity index (χ1) is 6.02. The molecule has 2 N–H and O–H groups in total. The summed E-state index contributed by atoms with van der Waals surface area (Å²) in [7, 11) is 0. The van der Waals surface area contributed by atoms with Crippen LogP contribution in [0.15, 0.2) is 0 Å². The van der Waals surface area contributed by atoms with Crippen LogP contribution in [0.5, 0.6) is 0 Å². The van der Waals surface area contributed by atoms with Gasteiger partial charge in [0.1, 0.15) is 0 Å². The molecule has 0 radical (unpaired) electrons. The van der Waals surface area contributed by atoms with E-state index < -0.39 is 5.97 Å². The fourth-order valence-corrected chi connectivity index (χ4v) is 1.32. The summed E-state index contributed by atoms with van der Waals surface area (Å²) in [5.74, 6) is -1.31. The molecular formula is C9H15NO3. The molecule has 2 unspecified atom stereocenters. The minimum atomic E-state index is -0.805. The van der Waals surface area contributed by atoms with Gasteiger partial charge in [0.15, 0.2) is 0 Å². The monoisotopic (exact) mass is 185 g/mol. The van der Waals surface area contributed by atoms with Crippen molar-refractivity contribution < 1.29 is 14.7 Å². The van der Waals surface area contributed by atoms with E-state index in [0.717, 1.165) is 6.42 Å². The van der Waals surface area contributed by atoms with Gasteiger partial charge in [-0.05, 0) is 12.8 Å². The molecule has 0 heterocycles. The number of aliphatic carboxylic acids is 1. The highest BCUT2D eigenvalue weighted by Gasteiger charge is 2.37. The summed E-state index contributed by atoms with van der Waals surface area (Å²) in [6, 6.07) is -0.146. The van der Waals surface area contributed by atoms with Crippen LogP contribution in [0.1, 0.15) is 26.7 Å². The summed E-state index contributed by atoms with van der Waals surface area (Å²) >= 11 is 0. The van der Waals surface area contributed by atoms with Gasteiger partial charge in [0.2, 0.25) is 5.91 Å². The van der Waals surface area contributed by atoms with Gasteiger partial charge in [-0.2, -0.15) is 0 Å². The Morgan fingerprint density at radius 2 is 2.00 bits per heavy atom. The molecule has 1 saturated carbocycles. The number of carbonyl (C=O) groups excluding carboxylic acids is 1. The molecule has 0 spiro atoms. The van der Waals surface area contributed by atoms with Gasteiger partial charge in [0.25, 0.3) is 0 Å². The van der Waals surface area contributed by atoms with Crippen LogP contribution in [-0.2, 0) is 9.59 Å². The smallest absolute Gasteiger partial charge is 0.308 e. The predicted molar refractivity (Wildman–Crippen MR) is 47.1 cm³/mol. The van der Waals surface area contributed by atoms with E-state index in [2.05, 4.69) is 5.32 Å². The number of hydrogen-bond donors (Lipinski definition) is 2. The van der Waals surface area contributed by atoms with Crippen LogP contribution in [0, 0.1) is 11.8 Å². The van der Waals surface area contributed by atoms with Gasteiger partial charge in [0.05, 0.1) is 5.92 Å². The highest BCUT2D eigenvalue weighted by atomic mass is 16.4. The van der Waals surface area contributed by atoms with Crippen molar-refractivity contribution in [2.75, 3.05) is 0 Å². The van der Waals surface area contributed by atoms with Crippen molar-refractivity contribution in [3.05, 3.63) is 0 Å². The van der Waals surface area contributed by atoms with E-state index in [1.807, 2.05) is 0 Å². The Bertz CT molecular complexity index is 225. The van der Waals surface area contributed by atoms with Gasteiger partial charge < -0.3 is 10.4 Å². The average molecular weight is 185 g/mol. The van der Waals surface area contributed by atoms with E-state index in [1.165, 1.54) is 0 Å². The number of rotatable bonds is 3. The molecule has 1 rings (SSSR count). The maximum atomic E-state index is 11.2. The fraction of sp³-hybridized carbons (Fsp3) is 0.778. The summed E-state index contributed by atoms with van der Waals surface area (Å²) in [5, 5.41) is 11.4. The van der Waals surface area contributed by atoms with Gasteiger partial charge in [-0.3, -0.25) is 9.59 Å². The Morgan fingerprint density at radius 1 is 1.38 bits per heavy atom. The molecule has 1 amide bonds. The van der Waals surface area contributed by atoms with Gasteiger partial charge in [-0.25, -0.2) is 0 Å². The Hall–Kier alpha value is -1.06. The second-order valence-electron chi connectivity index (χ2n) is 3.79. The zero-order valence-corrected chi connectivity index (χ0v) is 7.91. The molecule has 1 fully saturated rings. The number of carbonyl (C=O) groups is 2. The molecular weight excluding hydrogens is 170 g/mol. The fourth-order valence-electron chi connectivity index (χ4n) is 1.32. The van der Waals surface area contributed by atoms with Crippen LogP contribution in [0.25, 0.3) is 0 Å². The molecule has 0 aliphatic heterocycles. The highest BCUT2D eigenvalue weighted by molar-refractivity contribution is 5.80. The SMILES string of the molecule is CC(C)C(=O)NC1CCC1C(=O)O. The summed E-state index contributed by atoms with van der Waals surface area (Å²) < 4.78 is 0. The lowest BCUT2D eigenvalue weighted by Crippen LogP contribution is -2.50. The molecule has 13 heavy (non-hydrogen) atoms. The summed E-state index contributed by atoms with van der Waals surface area (Å²) in [5.41, 5.74) is 0. The third kappa shape index (κ3) is 2.20. The molecule has 74 valence electrons.